The molecular formula is C14H12N4. The van der Waals surface area contributed by atoms with E-state index in [9.17, 15) is 0 Å². The Balaban J connectivity index is 0.000000111. The number of nitrogens with zero attached hydrogens (tertiary/aromatic N) is 4. The third kappa shape index (κ3) is 2.08. The van der Waals surface area contributed by atoms with Crippen LogP contribution >= 0.6 is 0 Å². The minimum Gasteiger partial charge on any atom is -0.321 e. The fourth-order valence-corrected chi connectivity index (χ4v) is 1.75. The molecule has 4 aromatic rings. The van der Waals surface area contributed by atoms with Crippen molar-refractivity contribution in [3.8, 4) is 0 Å². The van der Waals surface area contributed by atoms with Crippen LogP contribution in [0.1, 0.15) is 0 Å². The van der Waals surface area contributed by atoms with Crippen LogP contribution in [-0.4, -0.2) is 18.8 Å². The second kappa shape index (κ2) is 4.71. The average Bonchev–Trinajstić information content (AvgIpc) is 3.08. The lowest BCUT2D eigenvalue weighted by molar-refractivity contribution is 1.13. The van der Waals surface area contributed by atoms with Gasteiger partial charge in [0.15, 0.2) is 0 Å². The lowest BCUT2D eigenvalue weighted by Gasteiger charge is -1.87. The molecule has 0 amide bonds. The molecule has 4 heteroatoms. The zero-order valence-corrected chi connectivity index (χ0v) is 9.72. The van der Waals surface area contributed by atoms with E-state index >= 15 is 0 Å². The SMILES string of the molecule is c1cc2cnccn2c1.c1cnc2cccn2c1. The van der Waals surface area contributed by atoms with E-state index < -0.39 is 0 Å². The van der Waals surface area contributed by atoms with Gasteiger partial charge in [-0.05, 0) is 30.3 Å². The number of hydrogen-bond donors (Lipinski definition) is 0. The van der Waals surface area contributed by atoms with Crippen molar-refractivity contribution in [3.63, 3.8) is 0 Å². The first kappa shape index (κ1) is 10.5. The molecule has 18 heavy (non-hydrogen) atoms. The first-order valence-corrected chi connectivity index (χ1v) is 5.68. The van der Waals surface area contributed by atoms with Crippen molar-refractivity contribution in [1.82, 2.24) is 18.8 Å². The molecule has 4 aromatic heterocycles. The number of fused-ring (bicyclic) bond motifs is 2. The van der Waals surface area contributed by atoms with E-state index in [-0.39, 0.29) is 0 Å². The van der Waals surface area contributed by atoms with Crippen molar-refractivity contribution in [2.45, 2.75) is 0 Å². The molecule has 88 valence electrons. The minimum atomic E-state index is 0.998. The van der Waals surface area contributed by atoms with Crippen molar-refractivity contribution in [1.29, 1.82) is 0 Å². The first-order valence-electron chi connectivity index (χ1n) is 5.68. The van der Waals surface area contributed by atoms with Crippen LogP contribution in [0.4, 0.5) is 0 Å². The molecule has 4 heterocycles. The number of aromatic nitrogens is 4. The Labute approximate surface area is 104 Å². The molecule has 0 saturated carbocycles. The van der Waals surface area contributed by atoms with Gasteiger partial charge in [-0.25, -0.2) is 4.98 Å². The van der Waals surface area contributed by atoms with Gasteiger partial charge in [0.1, 0.15) is 5.65 Å². The largest absolute Gasteiger partial charge is 0.321 e. The molecule has 0 unspecified atom stereocenters. The highest BCUT2D eigenvalue weighted by Gasteiger charge is 1.86. The molecule has 0 aliphatic rings. The Kier molecular flexibility index (Phi) is 2.75. The fourth-order valence-electron chi connectivity index (χ4n) is 1.75. The maximum atomic E-state index is 4.10. The first-order chi connectivity index (χ1) is 8.93. The van der Waals surface area contributed by atoms with Crippen molar-refractivity contribution in [2.75, 3.05) is 0 Å². The molecule has 0 aliphatic heterocycles. The normalized spacial score (nSPS) is 10.2. The highest BCUT2D eigenvalue weighted by atomic mass is 14.9. The molecule has 4 rings (SSSR count). The summed E-state index contributed by atoms with van der Waals surface area (Å²) in [5.74, 6) is 0. The summed E-state index contributed by atoms with van der Waals surface area (Å²) in [6.07, 6.45) is 13.3. The van der Waals surface area contributed by atoms with Crippen LogP contribution < -0.4 is 0 Å². The summed E-state index contributed by atoms with van der Waals surface area (Å²) in [6, 6.07) is 9.87. The lowest BCUT2D eigenvalue weighted by atomic mass is 10.5. The van der Waals surface area contributed by atoms with Gasteiger partial charge in [0.05, 0.1) is 11.7 Å². The summed E-state index contributed by atoms with van der Waals surface area (Å²) in [4.78, 5) is 8.07. The molecule has 0 N–H and O–H groups in total. The van der Waals surface area contributed by atoms with E-state index in [0.29, 0.717) is 0 Å². The smallest absolute Gasteiger partial charge is 0.136 e. The number of rotatable bonds is 0. The van der Waals surface area contributed by atoms with Gasteiger partial charge >= 0.3 is 0 Å². The second-order valence-corrected chi connectivity index (χ2v) is 3.81. The third-order valence-corrected chi connectivity index (χ3v) is 2.63. The van der Waals surface area contributed by atoms with Crippen LogP contribution in [0.25, 0.3) is 11.2 Å². The Hall–Kier alpha value is -2.62. The van der Waals surface area contributed by atoms with E-state index in [2.05, 4.69) is 9.97 Å². The van der Waals surface area contributed by atoms with Crippen LogP contribution in [0.3, 0.4) is 0 Å². The van der Waals surface area contributed by atoms with Gasteiger partial charge in [0, 0.05) is 37.2 Å². The quantitative estimate of drug-likeness (QED) is 0.470. The van der Waals surface area contributed by atoms with Crippen LogP contribution in [-0.2, 0) is 0 Å². The van der Waals surface area contributed by atoms with Gasteiger partial charge in [0.25, 0.3) is 0 Å². The topological polar surface area (TPSA) is 34.6 Å². The molecule has 0 bridgehead atoms. The lowest BCUT2D eigenvalue weighted by Crippen LogP contribution is -1.80. The Morgan fingerprint density at radius 1 is 0.778 bits per heavy atom. The van der Waals surface area contributed by atoms with Crippen LogP contribution in [0.5, 0.6) is 0 Å². The van der Waals surface area contributed by atoms with E-state index in [4.69, 9.17) is 0 Å². The summed E-state index contributed by atoms with van der Waals surface area (Å²) in [5, 5.41) is 0. The van der Waals surface area contributed by atoms with Gasteiger partial charge in [-0.3, -0.25) is 4.98 Å². The van der Waals surface area contributed by atoms with Gasteiger partial charge < -0.3 is 8.80 Å². The molecule has 0 saturated heterocycles. The Morgan fingerprint density at radius 2 is 1.61 bits per heavy atom. The maximum absolute atomic E-state index is 4.10. The molecule has 4 nitrogen and oxygen atoms in total. The van der Waals surface area contributed by atoms with E-state index in [0.717, 1.165) is 11.2 Å². The van der Waals surface area contributed by atoms with Crippen molar-refractivity contribution in [2.24, 2.45) is 0 Å². The van der Waals surface area contributed by atoms with Gasteiger partial charge in [-0.1, -0.05) is 0 Å². The highest BCUT2D eigenvalue weighted by molar-refractivity contribution is 5.44. The van der Waals surface area contributed by atoms with Gasteiger partial charge in [-0.15, -0.1) is 0 Å². The van der Waals surface area contributed by atoms with Crippen LogP contribution in [0, 0.1) is 0 Å². The summed E-state index contributed by atoms with van der Waals surface area (Å²) >= 11 is 0. The van der Waals surface area contributed by atoms with Crippen molar-refractivity contribution >= 4 is 11.2 Å². The minimum absolute atomic E-state index is 0.998. The Bertz CT molecular complexity index is 628. The van der Waals surface area contributed by atoms with Crippen LogP contribution in [0.15, 0.2) is 73.7 Å². The van der Waals surface area contributed by atoms with Gasteiger partial charge in [0.2, 0.25) is 0 Å². The summed E-state index contributed by atoms with van der Waals surface area (Å²) in [7, 11) is 0. The third-order valence-electron chi connectivity index (χ3n) is 2.63. The predicted molar refractivity (Wildman–Crippen MR) is 70.4 cm³/mol. The second-order valence-electron chi connectivity index (χ2n) is 3.81. The fraction of sp³-hybridized carbons (Fsp3) is 0. The molecule has 0 radical (unpaired) electrons. The van der Waals surface area contributed by atoms with Crippen molar-refractivity contribution in [3.05, 3.63) is 73.7 Å². The average molecular weight is 236 g/mol. The summed E-state index contributed by atoms with van der Waals surface area (Å²) in [5.41, 5.74) is 2.13. The zero-order valence-electron chi connectivity index (χ0n) is 9.72. The predicted octanol–water partition coefficient (Wildman–Crippen LogP) is 2.67. The molecule has 0 aliphatic carbocycles. The molecule has 0 atom stereocenters. The summed E-state index contributed by atoms with van der Waals surface area (Å²) < 4.78 is 3.99. The van der Waals surface area contributed by atoms with E-state index in [1.165, 1.54) is 0 Å². The van der Waals surface area contributed by atoms with Gasteiger partial charge in [-0.2, -0.15) is 0 Å². The molecule has 0 aromatic carbocycles. The van der Waals surface area contributed by atoms with E-state index in [1.807, 2.05) is 70.1 Å². The van der Waals surface area contributed by atoms with E-state index in [1.54, 1.807) is 12.4 Å². The molecular weight excluding hydrogens is 224 g/mol. The highest BCUT2D eigenvalue weighted by Crippen LogP contribution is 1.99. The zero-order chi connectivity index (χ0) is 12.2. The number of hydrogen-bond acceptors (Lipinski definition) is 2. The van der Waals surface area contributed by atoms with Crippen LogP contribution in [0.2, 0.25) is 0 Å². The molecule has 0 fully saturated rings. The monoisotopic (exact) mass is 236 g/mol. The standard InChI is InChI=1S/2C7H6N2/c1-3-7-8-4-2-6-9(7)5-1;1-2-7-6-8-3-5-9(7)4-1/h2*1-6H. The summed E-state index contributed by atoms with van der Waals surface area (Å²) in [6.45, 7) is 0. The Morgan fingerprint density at radius 3 is 2.50 bits per heavy atom. The van der Waals surface area contributed by atoms with Crippen molar-refractivity contribution < 1.29 is 0 Å². The maximum Gasteiger partial charge on any atom is 0.136 e. The molecule has 0 spiro atoms.